The fraction of sp³-hybridized carbons (Fsp3) is 0.500. The van der Waals surface area contributed by atoms with Gasteiger partial charge in [0.05, 0.1) is 11.7 Å². The molecule has 0 spiro atoms. The van der Waals surface area contributed by atoms with E-state index in [1.807, 2.05) is 5.38 Å². The summed E-state index contributed by atoms with van der Waals surface area (Å²) in [5.74, 6) is 2.04. The van der Waals surface area contributed by atoms with Gasteiger partial charge in [0.25, 0.3) is 5.56 Å². The lowest BCUT2D eigenvalue weighted by molar-refractivity contribution is 0.231. The quantitative estimate of drug-likeness (QED) is 0.724. The maximum atomic E-state index is 12.1. The summed E-state index contributed by atoms with van der Waals surface area (Å²) in [6.07, 6.45) is 6.19. The maximum Gasteiger partial charge on any atom is 0.258 e. The first kappa shape index (κ1) is 14.3. The van der Waals surface area contributed by atoms with Crippen LogP contribution < -0.4 is 5.56 Å². The Bertz CT molecular complexity index is 941. The zero-order valence-electron chi connectivity index (χ0n) is 13.1. The van der Waals surface area contributed by atoms with E-state index in [0.29, 0.717) is 12.5 Å². The summed E-state index contributed by atoms with van der Waals surface area (Å²) >= 11 is 1.48. The third kappa shape index (κ3) is 2.46. The van der Waals surface area contributed by atoms with Gasteiger partial charge in [0, 0.05) is 30.1 Å². The van der Waals surface area contributed by atoms with E-state index in [9.17, 15) is 4.79 Å². The second-order valence-corrected chi connectivity index (χ2v) is 7.41. The summed E-state index contributed by atoms with van der Waals surface area (Å²) in [6, 6.07) is 1.78. The minimum Gasteiger partial charge on any atom is -0.339 e. The minimum atomic E-state index is -0.0254. The van der Waals surface area contributed by atoms with Crippen molar-refractivity contribution in [3.05, 3.63) is 45.4 Å². The fourth-order valence-electron chi connectivity index (χ4n) is 3.36. The molecule has 2 fully saturated rings. The van der Waals surface area contributed by atoms with Crippen LogP contribution in [0.15, 0.2) is 27.0 Å². The molecule has 1 atom stereocenters. The molecule has 124 valence electrons. The molecule has 1 aliphatic heterocycles. The molecule has 2 aliphatic rings. The highest BCUT2D eigenvalue weighted by molar-refractivity contribution is 7.15. The summed E-state index contributed by atoms with van der Waals surface area (Å²) in [5.41, 5.74) is 0.780. The van der Waals surface area contributed by atoms with Crippen LogP contribution in [0.2, 0.25) is 0 Å². The van der Waals surface area contributed by atoms with Gasteiger partial charge in [0.2, 0.25) is 5.89 Å². The average Bonchev–Trinajstić information content (AvgIpc) is 3.00. The summed E-state index contributed by atoms with van der Waals surface area (Å²) < 4.78 is 6.99. The van der Waals surface area contributed by atoms with Gasteiger partial charge in [0.1, 0.15) is 0 Å². The molecule has 0 radical (unpaired) electrons. The van der Waals surface area contributed by atoms with Crippen molar-refractivity contribution >= 4 is 16.3 Å². The molecule has 3 aromatic heterocycles. The number of fused-ring (bicyclic) bond motifs is 1. The van der Waals surface area contributed by atoms with Gasteiger partial charge in [-0.1, -0.05) is 5.16 Å². The molecule has 0 aromatic carbocycles. The van der Waals surface area contributed by atoms with Gasteiger partial charge >= 0.3 is 0 Å². The molecule has 3 aromatic rings. The number of nitrogens with zero attached hydrogens (tertiary/aromatic N) is 5. The largest absolute Gasteiger partial charge is 0.339 e. The Morgan fingerprint density at radius 1 is 1.29 bits per heavy atom. The molecular formula is C16H17N5O2S. The Balaban J connectivity index is 1.40. The van der Waals surface area contributed by atoms with Crippen molar-refractivity contribution in [2.75, 3.05) is 6.54 Å². The zero-order valence-corrected chi connectivity index (χ0v) is 13.9. The van der Waals surface area contributed by atoms with E-state index in [-0.39, 0.29) is 11.6 Å². The number of hydrogen-bond donors (Lipinski definition) is 0. The molecule has 0 bridgehead atoms. The van der Waals surface area contributed by atoms with Gasteiger partial charge in [-0.3, -0.25) is 14.1 Å². The number of thiazole rings is 1. The van der Waals surface area contributed by atoms with Crippen molar-refractivity contribution in [1.82, 2.24) is 24.4 Å². The van der Waals surface area contributed by atoms with Crippen molar-refractivity contribution in [3.63, 3.8) is 0 Å². The monoisotopic (exact) mass is 343 g/mol. The van der Waals surface area contributed by atoms with Crippen molar-refractivity contribution in [2.24, 2.45) is 0 Å². The Hall–Kier alpha value is -2.06. The topological polar surface area (TPSA) is 76.5 Å². The van der Waals surface area contributed by atoms with Crippen molar-refractivity contribution < 1.29 is 4.52 Å². The lowest BCUT2D eigenvalue weighted by Gasteiger charge is -2.21. The van der Waals surface area contributed by atoms with Crippen LogP contribution in [-0.2, 0) is 6.54 Å². The first-order valence-electron chi connectivity index (χ1n) is 8.31. The van der Waals surface area contributed by atoms with E-state index in [1.165, 1.54) is 11.3 Å². The normalized spacial score (nSPS) is 21.8. The van der Waals surface area contributed by atoms with Gasteiger partial charge in [-0.2, -0.15) is 4.98 Å². The SMILES string of the molecule is O=c1cc(CN2CCC[C@@H]2c2noc(C3CC3)n2)nc2sccn12. The molecule has 1 aliphatic carbocycles. The summed E-state index contributed by atoms with van der Waals surface area (Å²) in [7, 11) is 0. The second kappa shape index (κ2) is 5.49. The molecule has 4 heterocycles. The number of hydrogen-bond acceptors (Lipinski definition) is 7. The van der Waals surface area contributed by atoms with Crippen LogP contribution >= 0.6 is 11.3 Å². The van der Waals surface area contributed by atoms with Crippen molar-refractivity contribution in [2.45, 2.75) is 44.2 Å². The smallest absolute Gasteiger partial charge is 0.258 e. The van der Waals surface area contributed by atoms with Crippen LogP contribution in [0.5, 0.6) is 0 Å². The van der Waals surface area contributed by atoms with Crippen LogP contribution in [0, 0.1) is 0 Å². The highest BCUT2D eigenvalue weighted by atomic mass is 32.1. The van der Waals surface area contributed by atoms with E-state index < -0.39 is 0 Å². The fourth-order valence-corrected chi connectivity index (χ4v) is 4.10. The van der Waals surface area contributed by atoms with Gasteiger partial charge in [-0.25, -0.2) is 4.98 Å². The van der Waals surface area contributed by atoms with Gasteiger partial charge < -0.3 is 4.52 Å². The maximum absolute atomic E-state index is 12.1. The van der Waals surface area contributed by atoms with Crippen LogP contribution in [-0.4, -0.2) is 31.0 Å². The van der Waals surface area contributed by atoms with Crippen LogP contribution in [0.4, 0.5) is 0 Å². The number of rotatable bonds is 4. The standard InChI is InChI=1S/C16H17N5O2S/c22-13-8-11(17-16-21(13)6-7-24-16)9-20-5-1-2-12(20)14-18-15(23-19-14)10-3-4-10/h6-8,10,12H,1-5,9H2/t12-/m1/s1. The van der Waals surface area contributed by atoms with E-state index >= 15 is 0 Å². The average molecular weight is 343 g/mol. The molecule has 5 rings (SSSR count). The molecule has 0 N–H and O–H groups in total. The highest BCUT2D eigenvalue weighted by Gasteiger charge is 2.34. The summed E-state index contributed by atoms with van der Waals surface area (Å²) in [4.78, 5) is 24.4. The third-order valence-corrected chi connectivity index (χ3v) is 5.52. The Morgan fingerprint density at radius 3 is 3.08 bits per heavy atom. The first-order valence-corrected chi connectivity index (χ1v) is 9.19. The van der Waals surface area contributed by atoms with Crippen molar-refractivity contribution in [1.29, 1.82) is 0 Å². The predicted molar refractivity (Wildman–Crippen MR) is 88.0 cm³/mol. The van der Waals surface area contributed by atoms with Crippen LogP contribution in [0.1, 0.15) is 55.1 Å². The van der Waals surface area contributed by atoms with Gasteiger partial charge in [-0.15, -0.1) is 11.3 Å². The van der Waals surface area contributed by atoms with Crippen LogP contribution in [0.25, 0.3) is 4.96 Å². The molecule has 8 heteroatoms. The second-order valence-electron chi connectivity index (χ2n) is 6.53. The lowest BCUT2D eigenvalue weighted by atomic mass is 10.2. The number of aromatic nitrogens is 4. The summed E-state index contributed by atoms with van der Waals surface area (Å²) in [5, 5.41) is 6.08. The van der Waals surface area contributed by atoms with Gasteiger partial charge in [-0.05, 0) is 32.2 Å². The minimum absolute atomic E-state index is 0.0254. The molecule has 0 unspecified atom stereocenters. The van der Waals surface area contributed by atoms with Gasteiger partial charge in [0.15, 0.2) is 10.8 Å². The first-order chi connectivity index (χ1) is 11.8. The summed E-state index contributed by atoms with van der Waals surface area (Å²) in [6.45, 7) is 1.60. The van der Waals surface area contributed by atoms with E-state index in [0.717, 1.165) is 54.6 Å². The van der Waals surface area contributed by atoms with E-state index in [1.54, 1.807) is 16.7 Å². The molecule has 0 amide bonds. The zero-order chi connectivity index (χ0) is 16.1. The molecule has 7 nitrogen and oxygen atoms in total. The molecular weight excluding hydrogens is 326 g/mol. The third-order valence-electron chi connectivity index (χ3n) is 4.77. The molecule has 24 heavy (non-hydrogen) atoms. The predicted octanol–water partition coefficient (Wildman–Crippen LogP) is 2.35. The highest BCUT2D eigenvalue weighted by Crippen LogP contribution is 2.40. The number of likely N-dealkylation sites (tertiary alicyclic amines) is 1. The van der Waals surface area contributed by atoms with E-state index in [2.05, 4.69) is 20.0 Å². The molecule has 1 saturated carbocycles. The Labute approximate surface area is 141 Å². The molecule has 1 saturated heterocycles. The van der Waals surface area contributed by atoms with Crippen molar-refractivity contribution in [3.8, 4) is 0 Å². The van der Waals surface area contributed by atoms with E-state index in [4.69, 9.17) is 4.52 Å². The lowest BCUT2D eigenvalue weighted by Crippen LogP contribution is -2.25. The van der Waals surface area contributed by atoms with Crippen LogP contribution in [0.3, 0.4) is 0 Å². The Morgan fingerprint density at radius 2 is 2.21 bits per heavy atom. The Kier molecular flexibility index (Phi) is 3.27.